The number of hydrogen-bond acceptors (Lipinski definition) is 3. The Labute approximate surface area is 140 Å². The number of nitrogens with one attached hydrogen (secondary N) is 1. The maximum absolute atomic E-state index is 12.5. The van der Waals surface area contributed by atoms with Gasteiger partial charge in [0.2, 0.25) is 0 Å². The molecular weight excluding hydrogens is 300 g/mol. The first-order valence-electron chi connectivity index (χ1n) is 8.04. The van der Waals surface area contributed by atoms with Gasteiger partial charge in [-0.2, -0.15) is 5.10 Å². The average Bonchev–Trinajstić information content (AvgIpc) is 3.15. The minimum Gasteiger partial charge on any atom is -0.349 e. The Kier molecular flexibility index (Phi) is 3.61. The lowest BCUT2D eigenvalue weighted by atomic mass is 10.1. The van der Waals surface area contributed by atoms with Crippen molar-refractivity contribution >= 4 is 5.91 Å². The maximum atomic E-state index is 12.5. The Morgan fingerprint density at radius 1 is 1.21 bits per heavy atom. The fourth-order valence-electron chi connectivity index (χ4n) is 3.06. The molecule has 1 saturated carbocycles. The summed E-state index contributed by atoms with van der Waals surface area (Å²) < 4.78 is 1.70. The topological polar surface area (TPSA) is 59.8 Å². The maximum Gasteiger partial charge on any atom is 0.251 e. The van der Waals surface area contributed by atoms with Crippen molar-refractivity contribution in [2.75, 3.05) is 0 Å². The molecule has 0 radical (unpaired) electrons. The summed E-state index contributed by atoms with van der Waals surface area (Å²) in [5.41, 5.74) is 3.89. The van der Waals surface area contributed by atoms with E-state index >= 15 is 0 Å². The van der Waals surface area contributed by atoms with Gasteiger partial charge in [-0.3, -0.25) is 4.79 Å². The van der Waals surface area contributed by atoms with Crippen molar-refractivity contribution < 1.29 is 4.79 Å². The van der Waals surface area contributed by atoms with Crippen molar-refractivity contribution in [2.24, 2.45) is 0 Å². The van der Waals surface area contributed by atoms with Crippen LogP contribution in [0.15, 0.2) is 61.2 Å². The van der Waals surface area contributed by atoms with Crippen LogP contribution in [0.25, 0.3) is 5.69 Å². The molecule has 1 heterocycles. The summed E-state index contributed by atoms with van der Waals surface area (Å²) in [6.45, 7) is 1.97. The van der Waals surface area contributed by atoms with E-state index in [-0.39, 0.29) is 11.9 Å². The number of amides is 1. The second-order valence-corrected chi connectivity index (χ2v) is 6.17. The van der Waals surface area contributed by atoms with Crippen LogP contribution in [0.3, 0.4) is 0 Å². The van der Waals surface area contributed by atoms with E-state index in [2.05, 4.69) is 27.5 Å². The Bertz CT molecular complexity index is 858. The molecule has 3 aromatic rings. The molecule has 5 nitrogen and oxygen atoms in total. The molecule has 0 aliphatic heterocycles. The van der Waals surface area contributed by atoms with Crippen molar-refractivity contribution in [1.29, 1.82) is 0 Å². The van der Waals surface area contributed by atoms with Gasteiger partial charge >= 0.3 is 0 Å². The van der Waals surface area contributed by atoms with Gasteiger partial charge in [0.15, 0.2) is 0 Å². The zero-order valence-electron chi connectivity index (χ0n) is 13.4. The summed E-state index contributed by atoms with van der Waals surface area (Å²) in [5.74, 6) is 0.414. The molecule has 5 heteroatoms. The first kappa shape index (κ1) is 14.6. The molecule has 2 aromatic carbocycles. The van der Waals surface area contributed by atoms with Gasteiger partial charge in [0.25, 0.3) is 5.91 Å². The van der Waals surface area contributed by atoms with E-state index in [0.29, 0.717) is 11.5 Å². The normalized spacial score (nSPS) is 19.0. The third-order valence-corrected chi connectivity index (χ3v) is 4.46. The summed E-state index contributed by atoms with van der Waals surface area (Å²) in [5, 5.41) is 7.26. The summed E-state index contributed by atoms with van der Waals surface area (Å²) in [7, 11) is 0. The molecule has 1 fully saturated rings. The van der Waals surface area contributed by atoms with Crippen LogP contribution in [0.5, 0.6) is 0 Å². The van der Waals surface area contributed by atoms with Gasteiger partial charge < -0.3 is 5.32 Å². The van der Waals surface area contributed by atoms with E-state index in [4.69, 9.17) is 0 Å². The molecule has 120 valence electrons. The number of aromatic nitrogens is 3. The Morgan fingerprint density at radius 2 is 2.04 bits per heavy atom. The Hall–Kier alpha value is -2.95. The number of carbonyl (C=O) groups excluding carboxylic acids is 1. The van der Waals surface area contributed by atoms with Gasteiger partial charge in [0.1, 0.15) is 12.7 Å². The van der Waals surface area contributed by atoms with Gasteiger partial charge in [-0.25, -0.2) is 9.67 Å². The quantitative estimate of drug-likeness (QED) is 0.804. The molecule has 1 aliphatic carbocycles. The van der Waals surface area contributed by atoms with E-state index in [9.17, 15) is 4.79 Å². The second-order valence-electron chi connectivity index (χ2n) is 6.17. The Morgan fingerprint density at radius 3 is 2.75 bits per heavy atom. The van der Waals surface area contributed by atoms with Crippen molar-refractivity contribution in [2.45, 2.75) is 25.3 Å². The van der Waals surface area contributed by atoms with Crippen LogP contribution in [0.4, 0.5) is 0 Å². The summed E-state index contributed by atoms with van der Waals surface area (Å²) in [6, 6.07) is 16.2. The third kappa shape index (κ3) is 2.80. The van der Waals surface area contributed by atoms with E-state index in [1.165, 1.54) is 11.9 Å². The zero-order chi connectivity index (χ0) is 16.5. The predicted octanol–water partition coefficient (Wildman–Crippen LogP) is 2.86. The molecule has 0 saturated heterocycles. The number of benzene rings is 2. The van der Waals surface area contributed by atoms with Crippen LogP contribution in [0.2, 0.25) is 0 Å². The van der Waals surface area contributed by atoms with Gasteiger partial charge in [-0.1, -0.05) is 30.3 Å². The van der Waals surface area contributed by atoms with Crippen LogP contribution in [0.1, 0.15) is 33.8 Å². The average molecular weight is 318 g/mol. The molecule has 1 aromatic heterocycles. The number of rotatable bonds is 4. The highest BCUT2D eigenvalue weighted by atomic mass is 16.1. The standard InChI is InChI=1S/C19H18N4O/c1-13-9-15(7-8-18(13)23-12-20-11-21-23)19(24)22-17-10-16(17)14-5-3-2-4-6-14/h2-9,11-12,16-17H,10H2,1H3,(H,22,24). The molecule has 0 spiro atoms. The van der Waals surface area contributed by atoms with Crippen molar-refractivity contribution in [1.82, 2.24) is 20.1 Å². The van der Waals surface area contributed by atoms with Crippen LogP contribution in [-0.4, -0.2) is 26.7 Å². The number of aryl methyl sites for hydroxylation is 1. The van der Waals surface area contributed by atoms with Crippen LogP contribution in [0, 0.1) is 6.92 Å². The van der Waals surface area contributed by atoms with Gasteiger partial charge in [-0.15, -0.1) is 0 Å². The molecular formula is C19H18N4O. The summed E-state index contributed by atoms with van der Waals surface area (Å²) >= 11 is 0. The first-order chi connectivity index (χ1) is 11.7. The fraction of sp³-hybridized carbons (Fsp3) is 0.211. The largest absolute Gasteiger partial charge is 0.349 e. The highest BCUT2D eigenvalue weighted by molar-refractivity contribution is 5.95. The van der Waals surface area contributed by atoms with Crippen molar-refractivity contribution in [3.8, 4) is 5.69 Å². The van der Waals surface area contributed by atoms with Crippen LogP contribution >= 0.6 is 0 Å². The number of hydrogen-bond donors (Lipinski definition) is 1. The van der Waals surface area contributed by atoms with Crippen LogP contribution in [-0.2, 0) is 0 Å². The summed E-state index contributed by atoms with van der Waals surface area (Å²) in [6.07, 6.45) is 4.15. The first-order valence-corrected chi connectivity index (χ1v) is 8.04. The highest BCUT2D eigenvalue weighted by Gasteiger charge is 2.39. The zero-order valence-corrected chi connectivity index (χ0v) is 13.4. The molecule has 1 aliphatic rings. The molecule has 2 atom stereocenters. The lowest BCUT2D eigenvalue weighted by Crippen LogP contribution is -2.26. The van der Waals surface area contributed by atoms with E-state index in [1.807, 2.05) is 43.3 Å². The lowest BCUT2D eigenvalue weighted by molar-refractivity contribution is 0.0950. The Balaban J connectivity index is 1.45. The van der Waals surface area contributed by atoms with Gasteiger partial charge in [0, 0.05) is 17.5 Å². The molecule has 1 amide bonds. The predicted molar refractivity (Wildman–Crippen MR) is 91.2 cm³/mol. The third-order valence-electron chi connectivity index (χ3n) is 4.46. The SMILES string of the molecule is Cc1cc(C(=O)NC2CC2c2ccccc2)ccc1-n1cncn1. The second kappa shape index (κ2) is 5.92. The number of carbonyl (C=O) groups is 1. The van der Waals surface area contributed by atoms with Gasteiger partial charge in [0.05, 0.1) is 5.69 Å². The minimum absolute atomic E-state index is 0.0216. The summed E-state index contributed by atoms with van der Waals surface area (Å²) in [4.78, 5) is 16.4. The minimum atomic E-state index is -0.0216. The molecule has 24 heavy (non-hydrogen) atoms. The monoisotopic (exact) mass is 318 g/mol. The number of nitrogens with zero attached hydrogens (tertiary/aromatic N) is 3. The lowest BCUT2D eigenvalue weighted by Gasteiger charge is -2.09. The van der Waals surface area contributed by atoms with E-state index in [1.54, 1.807) is 11.0 Å². The fourth-order valence-corrected chi connectivity index (χ4v) is 3.06. The van der Waals surface area contributed by atoms with E-state index in [0.717, 1.165) is 17.7 Å². The highest BCUT2D eigenvalue weighted by Crippen LogP contribution is 2.40. The van der Waals surface area contributed by atoms with Crippen molar-refractivity contribution in [3.63, 3.8) is 0 Å². The molecule has 0 bridgehead atoms. The van der Waals surface area contributed by atoms with Crippen LogP contribution < -0.4 is 5.32 Å². The van der Waals surface area contributed by atoms with Crippen molar-refractivity contribution in [3.05, 3.63) is 77.9 Å². The van der Waals surface area contributed by atoms with E-state index < -0.39 is 0 Å². The molecule has 4 rings (SSSR count). The molecule has 1 N–H and O–H groups in total. The molecule has 2 unspecified atom stereocenters. The van der Waals surface area contributed by atoms with Gasteiger partial charge in [-0.05, 0) is 42.7 Å². The smallest absolute Gasteiger partial charge is 0.251 e.